The van der Waals surface area contributed by atoms with E-state index in [-0.39, 0.29) is 18.3 Å². The zero-order valence-electron chi connectivity index (χ0n) is 11.0. The Balaban J connectivity index is 2.56. The first-order valence-corrected chi connectivity index (χ1v) is 6.09. The average molecular weight is 270 g/mol. The lowest BCUT2D eigenvalue weighted by Crippen LogP contribution is -2.31. The van der Waals surface area contributed by atoms with E-state index in [9.17, 15) is 14.9 Å². The van der Waals surface area contributed by atoms with Crippen LogP contribution in [0.5, 0.6) is 0 Å². The van der Waals surface area contributed by atoms with Crippen molar-refractivity contribution >= 4 is 11.9 Å². The van der Waals surface area contributed by atoms with Crippen LogP contribution < -0.4 is 0 Å². The Morgan fingerprint density at radius 2 is 2.21 bits per heavy atom. The van der Waals surface area contributed by atoms with Crippen LogP contribution in [0.4, 0.5) is 5.88 Å². The van der Waals surface area contributed by atoms with Crippen LogP contribution in [0.3, 0.4) is 0 Å². The topological polar surface area (TPSA) is 96.8 Å². The van der Waals surface area contributed by atoms with Gasteiger partial charge in [-0.25, -0.2) is 0 Å². The van der Waals surface area contributed by atoms with E-state index in [0.29, 0.717) is 25.3 Å². The number of rotatable bonds is 8. The van der Waals surface area contributed by atoms with Crippen LogP contribution in [0.15, 0.2) is 16.5 Å². The first-order valence-electron chi connectivity index (χ1n) is 6.09. The van der Waals surface area contributed by atoms with E-state index in [2.05, 4.69) is 0 Å². The lowest BCUT2D eigenvalue weighted by atomic mass is 10.2. The zero-order chi connectivity index (χ0) is 14.4. The van der Waals surface area contributed by atoms with E-state index in [0.717, 1.165) is 0 Å². The molecule has 0 saturated heterocycles. The van der Waals surface area contributed by atoms with E-state index in [1.165, 1.54) is 6.07 Å². The Bertz CT molecular complexity index is 441. The molecule has 0 aromatic carbocycles. The Morgan fingerprint density at radius 3 is 2.68 bits per heavy atom. The monoisotopic (exact) mass is 270 g/mol. The molecule has 7 nitrogen and oxygen atoms in total. The summed E-state index contributed by atoms with van der Waals surface area (Å²) in [5, 5.41) is 19.1. The summed E-state index contributed by atoms with van der Waals surface area (Å²) in [6.45, 7) is 5.01. The standard InChI is InChI=1S/C12H18N2O5/c1-9(2)13(7-3-4-12(15)16)8-10-5-6-11(19-10)14(17)18/h5-6,9H,3-4,7-8H2,1-2H3,(H,15,16). The molecule has 7 heteroatoms. The zero-order valence-corrected chi connectivity index (χ0v) is 11.0. The number of carboxylic acids is 1. The van der Waals surface area contributed by atoms with E-state index >= 15 is 0 Å². The minimum atomic E-state index is -0.822. The van der Waals surface area contributed by atoms with Gasteiger partial charge in [0.2, 0.25) is 0 Å². The Hall–Kier alpha value is -1.89. The minimum Gasteiger partial charge on any atom is -0.481 e. The normalized spacial score (nSPS) is 11.2. The predicted molar refractivity (Wildman–Crippen MR) is 67.8 cm³/mol. The molecule has 1 heterocycles. The smallest absolute Gasteiger partial charge is 0.433 e. The molecule has 0 radical (unpaired) electrons. The highest BCUT2D eigenvalue weighted by atomic mass is 16.6. The van der Waals surface area contributed by atoms with E-state index in [4.69, 9.17) is 9.52 Å². The predicted octanol–water partition coefficient (Wildman–Crippen LogP) is 2.26. The third-order valence-electron chi connectivity index (χ3n) is 2.75. The van der Waals surface area contributed by atoms with Gasteiger partial charge in [0.1, 0.15) is 10.7 Å². The minimum absolute atomic E-state index is 0.113. The first-order chi connectivity index (χ1) is 8.90. The molecule has 0 aliphatic heterocycles. The van der Waals surface area contributed by atoms with Crippen molar-refractivity contribution in [3.63, 3.8) is 0 Å². The number of furan rings is 1. The highest BCUT2D eigenvalue weighted by molar-refractivity contribution is 5.66. The molecule has 0 fully saturated rings. The number of hydrogen-bond acceptors (Lipinski definition) is 5. The van der Waals surface area contributed by atoms with Crippen LogP contribution in [0.2, 0.25) is 0 Å². The highest BCUT2D eigenvalue weighted by Crippen LogP contribution is 2.18. The Morgan fingerprint density at radius 1 is 1.53 bits per heavy atom. The third kappa shape index (κ3) is 5.09. The lowest BCUT2D eigenvalue weighted by molar-refractivity contribution is -0.402. The molecule has 0 aliphatic rings. The number of nitrogens with zero attached hydrogens (tertiary/aromatic N) is 2. The summed E-state index contributed by atoms with van der Waals surface area (Å²) in [5.41, 5.74) is 0. The average Bonchev–Trinajstić information content (AvgIpc) is 2.75. The van der Waals surface area contributed by atoms with Crippen LogP contribution >= 0.6 is 0 Å². The number of hydrogen-bond donors (Lipinski definition) is 1. The van der Waals surface area contributed by atoms with Crippen molar-refractivity contribution in [2.75, 3.05) is 6.54 Å². The molecule has 0 spiro atoms. The van der Waals surface area contributed by atoms with Gasteiger partial charge in [0.15, 0.2) is 0 Å². The molecule has 1 aromatic rings. The van der Waals surface area contributed by atoms with Crippen LogP contribution in [-0.2, 0) is 11.3 Å². The summed E-state index contributed by atoms with van der Waals surface area (Å²) in [4.78, 5) is 22.4. The maximum Gasteiger partial charge on any atom is 0.433 e. The molecule has 0 aliphatic carbocycles. The van der Waals surface area contributed by atoms with Crippen molar-refractivity contribution in [3.05, 3.63) is 28.0 Å². The van der Waals surface area contributed by atoms with Crippen molar-refractivity contribution in [2.45, 2.75) is 39.3 Å². The molecule has 0 unspecified atom stereocenters. The maximum atomic E-state index is 10.5. The molecular formula is C12H18N2O5. The summed E-state index contributed by atoms with van der Waals surface area (Å²) >= 11 is 0. The summed E-state index contributed by atoms with van der Waals surface area (Å²) in [6, 6.07) is 3.11. The molecule has 1 rings (SSSR count). The Labute approximate surface area is 111 Å². The fourth-order valence-electron chi connectivity index (χ4n) is 1.70. The second kappa shape index (κ2) is 6.89. The summed E-state index contributed by atoms with van der Waals surface area (Å²) in [5.74, 6) is -0.586. The number of carbonyl (C=O) groups is 1. The van der Waals surface area contributed by atoms with E-state index < -0.39 is 10.9 Å². The summed E-state index contributed by atoms with van der Waals surface area (Å²) < 4.78 is 5.10. The van der Waals surface area contributed by atoms with Crippen molar-refractivity contribution in [2.24, 2.45) is 0 Å². The van der Waals surface area contributed by atoms with Gasteiger partial charge in [-0.2, -0.15) is 0 Å². The molecule has 19 heavy (non-hydrogen) atoms. The Kier molecular flexibility index (Phi) is 5.50. The quantitative estimate of drug-likeness (QED) is 0.575. The van der Waals surface area contributed by atoms with Crippen molar-refractivity contribution in [1.82, 2.24) is 4.90 Å². The van der Waals surface area contributed by atoms with Gasteiger partial charge >= 0.3 is 11.9 Å². The van der Waals surface area contributed by atoms with Crippen LogP contribution in [0.25, 0.3) is 0 Å². The van der Waals surface area contributed by atoms with Crippen LogP contribution in [0.1, 0.15) is 32.4 Å². The van der Waals surface area contributed by atoms with E-state index in [1.54, 1.807) is 6.07 Å². The van der Waals surface area contributed by atoms with Gasteiger partial charge in [0.05, 0.1) is 12.6 Å². The number of carboxylic acid groups (broad SMARTS) is 1. The van der Waals surface area contributed by atoms with Gasteiger partial charge in [0.25, 0.3) is 0 Å². The van der Waals surface area contributed by atoms with Crippen molar-refractivity contribution in [1.29, 1.82) is 0 Å². The van der Waals surface area contributed by atoms with Crippen LogP contribution in [0, 0.1) is 10.1 Å². The highest BCUT2D eigenvalue weighted by Gasteiger charge is 2.16. The second-order valence-electron chi connectivity index (χ2n) is 4.56. The van der Waals surface area contributed by atoms with Crippen LogP contribution in [-0.4, -0.2) is 33.5 Å². The van der Waals surface area contributed by atoms with Gasteiger partial charge < -0.3 is 9.52 Å². The van der Waals surface area contributed by atoms with E-state index in [1.807, 2.05) is 18.7 Å². The van der Waals surface area contributed by atoms with Gasteiger partial charge in [-0.05, 0) is 32.9 Å². The van der Waals surface area contributed by atoms with Crippen molar-refractivity contribution in [3.8, 4) is 0 Å². The molecule has 106 valence electrons. The van der Waals surface area contributed by atoms with Gasteiger partial charge in [-0.3, -0.25) is 19.8 Å². The third-order valence-corrected chi connectivity index (χ3v) is 2.75. The van der Waals surface area contributed by atoms with Gasteiger partial charge in [-0.1, -0.05) is 0 Å². The molecule has 0 saturated carbocycles. The first kappa shape index (κ1) is 15.2. The fourth-order valence-corrected chi connectivity index (χ4v) is 1.70. The summed E-state index contributed by atoms with van der Waals surface area (Å²) in [6.07, 6.45) is 0.651. The summed E-state index contributed by atoms with van der Waals surface area (Å²) in [7, 11) is 0. The second-order valence-corrected chi connectivity index (χ2v) is 4.56. The molecule has 0 bridgehead atoms. The molecule has 1 N–H and O–H groups in total. The van der Waals surface area contributed by atoms with Gasteiger partial charge in [-0.15, -0.1) is 0 Å². The lowest BCUT2D eigenvalue weighted by Gasteiger charge is -2.24. The maximum absolute atomic E-state index is 10.5. The SMILES string of the molecule is CC(C)N(CCCC(=O)O)Cc1ccc([N+](=O)[O-])o1. The molecule has 1 aromatic heterocycles. The van der Waals surface area contributed by atoms with Crippen molar-refractivity contribution < 1.29 is 19.2 Å². The number of aliphatic carboxylic acids is 1. The molecular weight excluding hydrogens is 252 g/mol. The fraction of sp³-hybridized carbons (Fsp3) is 0.583. The molecule has 0 amide bonds. The molecule has 0 atom stereocenters. The number of nitro groups is 1. The largest absolute Gasteiger partial charge is 0.481 e. The van der Waals surface area contributed by atoms with Gasteiger partial charge in [0, 0.05) is 12.5 Å².